The first-order valence-corrected chi connectivity index (χ1v) is 10.8. The molecular formula is C24H24N8O3. The number of para-hydroxylation sites is 2. The molecule has 3 aromatic rings. The van der Waals surface area contributed by atoms with E-state index in [0.717, 1.165) is 11.4 Å². The average molecular weight is 473 g/mol. The lowest BCUT2D eigenvalue weighted by Crippen LogP contribution is -2.26. The van der Waals surface area contributed by atoms with Gasteiger partial charge in [-0.1, -0.05) is 12.1 Å². The second-order valence-electron chi connectivity index (χ2n) is 7.91. The number of methoxy groups -OCH3 is 1. The molecule has 4 rings (SSSR count). The molecule has 35 heavy (non-hydrogen) atoms. The van der Waals surface area contributed by atoms with Gasteiger partial charge in [-0.15, -0.1) is 5.10 Å². The van der Waals surface area contributed by atoms with Crippen LogP contribution in [-0.2, 0) is 9.59 Å². The van der Waals surface area contributed by atoms with Crippen LogP contribution < -0.4 is 19.9 Å². The number of benzene rings is 2. The number of hydrogen-bond acceptors (Lipinski definition) is 9. The first-order chi connectivity index (χ1) is 16.8. The second kappa shape index (κ2) is 9.64. The van der Waals surface area contributed by atoms with Crippen molar-refractivity contribution in [3.8, 4) is 17.5 Å². The molecule has 0 radical (unpaired) electrons. The molecule has 0 saturated carbocycles. The molecule has 1 aromatic heterocycles. The summed E-state index contributed by atoms with van der Waals surface area (Å²) in [7, 11) is 5.15. The molecule has 2 heterocycles. The van der Waals surface area contributed by atoms with E-state index in [0.29, 0.717) is 28.8 Å². The zero-order chi connectivity index (χ0) is 25.1. The van der Waals surface area contributed by atoms with E-state index < -0.39 is 5.78 Å². The van der Waals surface area contributed by atoms with Crippen LogP contribution in [0.2, 0.25) is 0 Å². The van der Waals surface area contributed by atoms with Gasteiger partial charge in [-0.3, -0.25) is 9.59 Å². The number of amides is 1. The number of aromatic nitrogens is 4. The highest BCUT2D eigenvalue weighted by Gasteiger charge is 2.31. The second-order valence-corrected chi connectivity index (χ2v) is 7.91. The first kappa shape index (κ1) is 23.4. The summed E-state index contributed by atoms with van der Waals surface area (Å²) in [6.45, 7) is 1.75. The fourth-order valence-corrected chi connectivity index (χ4v) is 4.02. The molecule has 0 atom stereocenters. The molecule has 178 valence electrons. The van der Waals surface area contributed by atoms with Crippen molar-refractivity contribution >= 4 is 28.8 Å². The fraction of sp³-hybridized carbons (Fsp3) is 0.250. The highest BCUT2D eigenvalue weighted by Crippen LogP contribution is 2.40. The number of allylic oxidation sites excluding steroid dienone is 1. The van der Waals surface area contributed by atoms with Gasteiger partial charge in [-0.25, -0.2) is 0 Å². The van der Waals surface area contributed by atoms with Crippen LogP contribution in [0.1, 0.15) is 18.7 Å². The van der Waals surface area contributed by atoms with Crippen molar-refractivity contribution in [1.29, 1.82) is 5.26 Å². The zero-order valence-electron chi connectivity index (χ0n) is 19.8. The summed E-state index contributed by atoms with van der Waals surface area (Å²) in [5.74, 6) is 0.823. The number of Topliss-reactive ketones (excluding diaryl/α,β-unsaturated/α-hetero) is 1. The van der Waals surface area contributed by atoms with Crippen LogP contribution in [0.15, 0.2) is 53.9 Å². The smallest absolute Gasteiger partial charge is 0.224 e. The van der Waals surface area contributed by atoms with Gasteiger partial charge in [0.25, 0.3) is 0 Å². The van der Waals surface area contributed by atoms with Crippen molar-refractivity contribution in [3.63, 3.8) is 0 Å². The lowest BCUT2D eigenvalue weighted by Gasteiger charge is -2.19. The van der Waals surface area contributed by atoms with Gasteiger partial charge >= 0.3 is 0 Å². The van der Waals surface area contributed by atoms with Gasteiger partial charge in [-0.2, -0.15) is 9.94 Å². The van der Waals surface area contributed by atoms with E-state index in [-0.39, 0.29) is 24.3 Å². The van der Waals surface area contributed by atoms with E-state index in [1.54, 1.807) is 25.1 Å². The maximum atomic E-state index is 12.9. The Morgan fingerprint density at radius 1 is 1.06 bits per heavy atom. The van der Waals surface area contributed by atoms with E-state index in [2.05, 4.69) is 20.8 Å². The molecule has 1 aliphatic rings. The number of tetrazole rings is 1. The Kier molecular flexibility index (Phi) is 6.46. The van der Waals surface area contributed by atoms with Gasteiger partial charge in [0.2, 0.25) is 5.91 Å². The summed E-state index contributed by atoms with van der Waals surface area (Å²) < 4.78 is 6.87. The molecule has 2 aromatic carbocycles. The number of nitriles is 1. The van der Waals surface area contributed by atoms with Crippen LogP contribution in [0.4, 0.5) is 17.1 Å². The number of nitrogens with zero attached hydrogens (tertiary/aromatic N) is 7. The van der Waals surface area contributed by atoms with Crippen LogP contribution >= 0.6 is 0 Å². The molecule has 1 N–H and O–H groups in total. The lowest BCUT2D eigenvalue weighted by atomic mass is 10.1. The van der Waals surface area contributed by atoms with Crippen LogP contribution in [-0.4, -0.2) is 53.1 Å². The molecule has 1 amide bonds. The third kappa shape index (κ3) is 4.41. The molecule has 1 aliphatic heterocycles. The molecule has 11 heteroatoms. The predicted octanol–water partition coefficient (Wildman–Crippen LogP) is 2.59. The molecule has 0 spiro atoms. The predicted molar refractivity (Wildman–Crippen MR) is 129 cm³/mol. The first-order valence-electron chi connectivity index (χ1n) is 10.8. The average Bonchev–Trinajstić information content (AvgIpc) is 3.40. The van der Waals surface area contributed by atoms with E-state index in [9.17, 15) is 14.9 Å². The van der Waals surface area contributed by atoms with Crippen LogP contribution in [0, 0.1) is 18.3 Å². The summed E-state index contributed by atoms with van der Waals surface area (Å²) in [6, 6.07) is 14.7. The molecule has 0 saturated heterocycles. The minimum Gasteiger partial charge on any atom is -0.494 e. The third-order valence-corrected chi connectivity index (χ3v) is 5.75. The summed E-state index contributed by atoms with van der Waals surface area (Å²) in [5, 5.41) is 24.0. The monoisotopic (exact) mass is 472 g/mol. The number of ketones is 1. The number of anilines is 3. The van der Waals surface area contributed by atoms with Gasteiger partial charge < -0.3 is 19.9 Å². The van der Waals surface area contributed by atoms with Crippen molar-refractivity contribution in [2.75, 3.05) is 36.3 Å². The number of rotatable bonds is 7. The molecule has 11 nitrogen and oxygen atoms in total. The van der Waals surface area contributed by atoms with E-state index in [4.69, 9.17) is 4.74 Å². The van der Waals surface area contributed by atoms with Gasteiger partial charge in [0, 0.05) is 32.6 Å². The molecule has 0 bridgehead atoms. The number of hydrogen-bond donors (Lipinski definition) is 1. The summed E-state index contributed by atoms with van der Waals surface area (Å²) >= 11 is 0. The largest absolute Gasteiger partial charge is 0.494 e. The minimum absolute atomic E-state index is 0.0138. The number of ether oxygens (including phenoxy) is 1. The minimum atomic E-state index is -0.399. The SMILES string of the molecule is COc1ccc(NC(=O)CCC(=O)C(C#N)=C2N(C)c3ccccc3N2C)cc1-n1nnnc1C. The lowest BCUT2D eigenvalue weighted by molar-refractivity contribution is -0.120. The highest BCUT2D eigenvalue weighted by molar-refractivity contribution is 6.04. The van der Waals surface area contributed by atoms with E-state index in [1.165, 1.54) is 11.8 Å². The molecular weight excluding hydrogens is 448 g/mol. The Hall–Kier alpha value is -4.72. The van der Waals surface area contributed by atoms with Crippen molar-refractivity contribution in [1.82, 2.24) is 20.2 Å². The van der Waals surface area contributed by atoms with Crippen molar-refractivity contribution in [2.24, 2.45) is 0 Å². The normalized spacial score (nSPS) is 12.3. The van der Waals surface area contributed by atoms with Crippen LogP contribution in [0.25, 0.3) is 5.69 Å². The molecule has 0 aliphatic carbocycles. The Labute approximate surface area is 202 Å². The van der Waals surface area contributed by atoms with Crippen molar-refractivity contribution in [2.45, 2.75) is 19.8 Å². The van der Waals surface area contributed by atoms with Gasteiger partial charge in [0.1, 0.15) is 28.9 Å². The van der Waals surface area contributed by atoms with E-state index >= 15 is 0 Å². The van der Waals surface area contributed by atoms with Crippen molar-refractivity contribution in [3.05, 3.63) is 59.7 Å². The third-order valence-electron chi connectivity index (χ3n) is 5.75. The number of nitrogens with one attached hydrogen (secondary N) is 1. The van der Waals surface area contributed by atoms with Gasteiger partial charge in [0.15, 0.2) is 11.6 Å². The van der Waals surface area contributed by atoms with Crippen LogP contribution in [0.3, 0.4) is 0 Å². The topological polar surface area (TPSA) is 129 Å². The quantitative estimate of drug-likeness (QED) is 0.407. The Morgan fingerprint density at radius 2 is 1.74 bits per heavy atom. The fourth-order valence-electron chi connectivity index (χ4n) is 4.02. The summed E-state index contributed by atoms with van der Waals surface area (Å²) in [5.41, 5.74) is 2.87. The highest BCUT2D eigenvalue weighted by atomic mass is 16.5. The van der Waals surface area contributed by atoms with Crippen LogP contribution in [0.5, 0.6) is 5.75 Å². The van der Waals surface area contributed by atoms with Crippen molar-refractivity contribution < 1.29 is 14.3 Å². The molecule has 0 fully saturated rings. The number of carbonyl (C=O) groups is 2. The Balaban J connectivity index is 1.47. The van der Waals surface area contributed by atoms with Gasteiger partial charge in [0.05, 0.1) is 18.5 Å². The summed E-state index contributed by atoms with van der Waals surface area (Å²) in [4.78, 5) is 29.2. The zero-order valence-corrected chi connectivity index (χ0v) is 19.8. The number of carbonyl (C=O) groups excluding carboxylic acids is 2. The summed E-state index contributed by atoms with van der Waals surface area (Å²) in [6.07, 6.45) is -0.186. The number of aryl methyl sites for hydroxylation is 1. The Bertz CT molecular complexity index is 1340. The molecule has 0 unspecified atom stereocenters. The standard InChI is InChI=1S/C24H24N8O3/c1-15-27-28-29-32(15)20-13-16(9-11-22(20)35-4)26-23(34)12-10-21(33)17(14-25)24-30(2)18-7-5-6-8-19(18)31(24)3/h5-9,11,13H,10,12H2,1-4H3,(H,26,34). The maximum absolute atomic E-state index is 12.9. The Morgan fingerprint density at radius 3 is 2.31 bits per heavy atom. The van der Waals surface area contributed by atoms with E-state index in [1.807, 2.05) is 54.2 Å². The maximum Gasteiger partial charge on any atom is 0.224 e. The number of fused-ring (bicyclic) bond motifs is 1. The van der Waals surface area contributed by atoms with Gasteiger partial charge in [-0.05, 0) is 47.7 Å².